The zero-order valence-corrected chi connectivity index (χ0v) is 18.4. The normalized spacial score (nSPS) is 20.4. The van der Waals surface area contributed by atoms with Crippen LogP contribution in [0.25, 0.3) is 0 Å². The fourth-order valence-electron chi connectivity index (χ4n) is 4.43. The van der Waals surface area contributed by atoms with Gasteiger partial charge in [-0.05, 0) is 49.2 Å². The number of piperidine rings is 1. The second kappa shape index (κ2) is 9.54. The van der Waals surface area contributed by atoms with Crippen molar-refractivity contribution in [1.29, 1.82) is 0 Å². The maximum Gasteiger partial charge on any atom is 0.227 e. The summed E-state index contributed by atoms with van der Waals surface area (Å²) in [6.07, 6.45) is 1.91. The average Bonchev–Trinajstić information content (AvgIpc) is 2.76. The minimum Gasteiger partial charge on any atom is -0.366 e. The van der Waals surface area contributed by atoms with Crippen LogP contribution in [-0.4, -0.2) is 55.0 Å². The van der Waals surface area contributed by atoms with Gasteiger partial charge in [-0.1, -0.05) is 41.4 Å². The Labute approximate surface area is 187 Å². The second-order valence-electron chi connectivity index (χ2n) is 8.07. The molecule has 4 rings (SSSR count). The Hall–Kier alpha value is -1.82. The zero-order valence-electron chi connectivity index (χ0n) is 16.9. The third-order valence-electron chi connectivity index (χ3n) is 6.05. The van der Waals surface area contributed by atoms with Crippen LogP contribution in [0.3, 0.4) is 0 Å². The largest absolute Gasteiger partial charge is 0.366 e. The maximum atomic E-state index is 14.0. The summed E-state index contributed by atoms with van der Waals surface area (Å²) in [4.78, 5) is 19.4. The van der Waals surface area contributed by atoms with E-state index >= 15 is 0 Å². The fourth-order valence-corrected chi connectivity index (χ4v) is 4.89. The predicted molar refractivity (Wildman–Crippen MR) is 120 cm³/mol. The number of hydrogen-bond acceptors (Lipinski definition) is 3. The van der Waals surface area contributed by atoms with Crippen LogP contribution in [-0.2, 0) is 11.3 Å². The Kier molecular flexibility index (Phi) is 6.81. The minimum atomic E-state index is -0.207. The summed E-state index contributed by atoms with van der Waals surface area (Å²) in [7, 11) is 0. The summed E-state index contributed by atoms with van der Waals surface area (Å²) in [5.74, 6) is 0.0148. The molecule has 2 saturated heterocycles. The molecule has 1 unspecified atom stereocenters. The summed E-state index contributed by atoms with van der Waals surface area (Å²) >= 11 is 12.3. The Bertz CT molecular complexity index is 902. The molecule has 2 aliphatic rings. The number of para-hydroxylation sites is 1. The van der Waals surface area contributed by atoms with Crippen LogP contribution >= 0.6 is 23.2 Å². The van der Waals surface area contributed by atoms with Gasteiger partial charge in [0, 0.05) is 49.3 Å². The summed E-state index contributed by atoms with van der Waals surface area (Å²) in [5, 5.41) is 1.30. The van der Waals surface area contributed by atoms with Crippen LogP contribution in [0.2, 0.25) is 10.0 Å². The number of anilines is 1. The molecule has 0 spiro atoms. The van der Waals surface area contributed by atoms with E-state index in [9.17, 15) is 9.18 Å². The van der Waals surface area contributed by atoms with E-state index < -0.39 is 0 Å². The van der Waals surface area contributed by atoms with Gasteiger partial charge in [0.2, 0.25) is 5.91 Å². The molecule has 0 saturated carbocycles. The van der Waals surface area contributed by atoms with Crippen molar-refractivity contribution >= 4 is 34.8 Å². The van der Waals surface area contributed by atoms with Crippen molar-refractivity contribution < 1.29 is 9.18 Å². The highest BCUT2D eigenvalue weighted by Crippen LogP contribution is 2.26. The average molecular weight is 450 g/mol. The third-order valence-corrected chi connectivity index (χ3v) is 6.64. The van der Waals surface area contributed by atoms with Crippen LogP contribution in [0.4, 0.5) is 10.1 Å². The molecule has 2 aliphatic heterocycles. The first-order chi connectivity index (χ1) is 14.5. The molecular weight excluding hydrogens is 424 g/mol. The molecule has 0 aromatic heterocycles. The number of carbonyl (C=O) groups is 1. The monoisotopic (exact) mass is 449 g/mol. The molecule has 2 heterocycles. The lowest BCUT2D eigenvalue weighted by molar-refractivity contribution is -0.137. The van der Waals surface area contributed by atoms with Gasteiger partial charge in [0.05, 0.1) is 11.6 Å². The molecule has 160 valence electrons. The Morgan fingerprint density at radius 2 is 1.80 bits per heavy atom. The molecule has 0 aliphatic carbocycles. The van der Waals surface area contributed by atoms with Crippen LogP contribution in [0.1, 0.15) is 18.4 Å². The van der Waals surface area contributed by atoms with Crippen molar-refractivity contribution in [3.05, 3.63) is 63.9 Å². The first-order valence-corrected chi connectivity index (χ1v) is 11.2. The molecular formula is C23H26Cl2FN3O. The van der Waals surface area contributed by atoms with E-state index in [0.717, 1.165) is 38.0 Å². The minimum absolute atomic E-state index is 0.00448. The lowest BCUT2D eigenvalue weighted by Gasteiger charge is -2.39. The van der Waals surface area contributed by atoms with Gasteiger partial charge in [0.25, 0.3) is 0 Å². The standard InChI is InChI=1S/C23H26Cl2FN3O/c24-19-8-7-17(20(25)14-19)15-27-9-3-4-18(16-27)23(30)29-12-10-28(11-13-29)22-6-2-1-5-21(22)26/h1-2,5-8,14,18H,3-4,9-13,15-16H2. The highest BCUT2D eigenvalue weighted by molar-refractivity contribution is 6.35. The van der Waals surface area contributed by atoms with Gasteiger partial charge in [0.15, 0.2) is 0 Å². The first kappa shape index (κ1) is 21.4. The third kappa shape index (κ3) is 4.90. The van der Waals surface area contributed by atoms with Crippen LogP contribution in [0.5, 0.6) is 0 Å². The Morgan fingerprint density at radius 3 is 2.53 bits per heavy atom. The van der Waals surface area contributed by atoms with Gasteiger partial charge >= 0.3 is 0 Å². The van der Waals surface area contributed by atoms with E-state index in [4.69, 9.17) is 23.2 Å². The fraction of sp³-hybridized carbons (Fsp3) is 0.435. The van der Waals surface area contributed by atoms with Gasteiger partial charge in [-0.2, -0.15) is 0 Å². The smallest absolute Gasteiger partial charge is 0.227 e. The Balaban J connectivity index is 1.33. The SMILES string of the molecule is O=C(C1CCCN(Cc2ccc(Cl)cc2Cl)C1)N1CCN(c2ccccc2F)CC1. The number of benzene rings is 2. The molecule has 0 N–H and O–H groups in total. The molecule has 1 atom stereocenters. The number of rotatable bonds is 4. The quantitative estimate of drug-likeness (QED) is 0.676. The van der Waals surface area contributed by atoms with Gasteiger partial charge in [-0.3, -0.25) is 9.69 Å². The lowest BCUT2D eigenvalue weighted by Crippen LogP contribution is -2.52. The van der Waals surface area contributed by atoms with E-state index in [0.29, 0.717) is 41.9 Å². The summed E-state index contributed by atoms with van der Waals surface area (Å²) in [6, 6.07) is 12.4. The van der Waals surface area contributed by atoms with Crippen molar-refractivity contribution in [3.63, 3.8) is 0 Å². The van der Waals surface area contributed by atoms with Crippen LogP contribution < -0.4 is 4.90 Å². The highest BCUT2D eigenvalue weighted by atomic mass is 35.5. The van der Waals surface area contributed by atoms with E-state index in [1.807, 2.05) is 28.0 Å². The number of carbonyl (C=O) groups excluding carboxylic acids is 1. The van der Waals surface area contributed by atoms with Gasteiger partial charge in [0.1, 0.15) is 5.82 Å². The Morgan fingerprint density at radius 1 is 1.03 bits per heavy atom. The molecule has 7 heteroatoms. The first-order valence-electron chi connectivity index (χ1n) is 10.5. The van der Waals surface area contributed by atoms with E-state index in [-0.39, 0.29) is 17.6 Å². The van der Waals surface area contributed by atoms with Crippen molar-refractivity contribution in [2.45, 2.75) is 19.4 Å². The summed E-state index contributed by atoms with van der Waals surface area (Å²) < 4.78 is 14.0. The molecule has 30 heavy (non-hydrogen) atoms. The molecule has 2 fully saturated rings. The molecule has 2 aromatic carbocycles. The van der Waals surface area contributed by atoms with Crippen molar-refractivity contribution in [1.82, 2.24) is 9.80 Å². The number of nitrogens with zero attached hydrogens (tertiary/aromatic N) is 3. The maximum absolute atomic E-state index is 14.0. The second-order valence-corrected chi connectivity index (χ2v) is 8.92. The molecule has 1 amide bonds. The molecule has 4 nitrogen and oxygen atoms in total. The molecule has 2 aromatic rings. The van der Waals surface area contributed by atoms with Gasteiger partial charge in [-0.25, -0.2) is 4.39 Å². The van der Waals surface area contributed by atoms with Crippen LogP contribution in [0, 0.1) is 11.7 Å². The molecule has 0 bridgehead atoms. The number of likely N-dealkylation sites (tertiary alicyclic amines) is 1. The predicted octanol–water partition coefficient (Wildman–Crippen LogP) is 4.69. The van der Waals surface area contributed by atoms with Crippen molar-refractivity contribution in [2.24, 2.45) is 5.92 Å². The summed E-state index contributed by atoms with van der Waals surface area (Å²) in [6.45, 7) is 5.00. The zero-order chi connectivity index (χ0) is 21.1. The van der Waals surface area contributed by atoms with Gasteiger partial charge < -0.3 is 9.80 Å². The molecule has 0 radical (unpaired) electrons. The lowest BCUT2D eigenvalue weighted by atomic mass is 9.95. The van der Waals surface area contributed by atoms with Crippen molar-refractivity contribution in [3.8, 4) is 0 Å². The van der Waals surface area contributed by atoms with Crippen molar-refractivity contribution in [2.75, 3.05) is 44.2 Å². The van der Waals surface area contributed by atoms with E-state index in [1.54, 1.807) is 18.2 Å². The van der Waals surface area contributed by atoms with Gasteiger partial charge in [-0.15, -0.1) is 0 Å². The number of halogens is 3. The number of piperazine rings is 1. The summed E-state index contributed by atoms with van der Waals surface area (Å²) in [5.41, 5.74) is 1.65. The number of amides is 1. The van der Waals surface area contributed by atoms with E-state index in [2.05, 4.69) is 4.90 Å². The number of hydrogen-bond donors (Lipinski definition) is 0. The van der Waals surface area contributed by atoms with E-state index in [1.165, 1.54) is 6.07 Å². The highest BCUT2D eigenvalue weighted by Gasteiger charge is 2.31. The van der Waals surface area contributed by atoms with Crippen LogP contribution in [0.15, 0.2) is 42.5 Å². The topological polar surface area (TPSA) is 26.8 Å².